The van der Waals surface area contributed by atoms with Crippen LogP contribution in [0, 0.1) is 0 Å². The van der Waals surface area contributed by atoms with Crippen LogP contribution in [0.4, 0.5) is 13.2 Å². The van der Waals surface area contributed by atoms with Crippen molar-refractivity contribution in [2.75, 3.05) is 0 Å². The Morgan fingerprint density at radius 2 is 1.83 bits per heavy atom. The molecule has 1 amide bonds. The molecular weight excluding hydrogens is 263 g/mol. The molecule has 1 rings (SSSR count). The van der Waals surface area contributed by atoms with Crippen LogP contribution in [0.25, 0.3) is 0 Å². The van der Waals surface area contributed by atoms with Crippen LogP contribution in [0.3, 0.4) is 0 Å². The summed E-state index contributed by atoms with van der Waals surface area (Å²) in [5, 5.41) is 0. The van der Waals surface area contributed by atoms with E-state index >= 15 is 0 Å². The molecular formula is C11H14F3NO2Si. The van der Waals surface area contributed by atoms with Crippen molar-refractivity contribution in [1.82, 2.24) is 0 Å². The number of alkyl halides is 3. The predicted molar refractivity (Wildman–Crippen MR) is 63.9 cm³/mol. The molecule has 18 heavy (non-hydrogen) atoms. The number of hydrogen-bond donors (Lipinski definition) is 1. The molecule has 2 N–H and O–H groups in total. The fourth-order valence-electron chi connectivity index (χ4n) is 1.32. The number of benzene rings is 1. The summed E-state index contributed by atoms with van der Waals surface area (Å²) in [5.41, 5.74) is 4.21. The standard InChI is InChI=1S/C11H14F3NO2Si/c1-18(2,3)17-9-6-7(11(12,13)14)4-5-8(9)10(15)16/h4-6H,1-3H3,(H2,15,16). The van der Waals surface area contributed by atoms with Gasteiger partial charge in [-0.1, -0.05) is 0 Å². The van der Waals surface area contributed by atoms with E-state index in [0.29, 0.717) is 0 Å². The number of halogens is 3. The molecule has 0 aliphatic rings. The molecule has 0 aliphatic heterocycles. The quantitative estimate of drug-likeness (QED) is 0.863. The molecule has 0 heterocycles. The average molecular weight is 277 g/mol. The van der Waals surface area contributed by atoms with E-state index in [9.17, 15) is 18.0 Å². The first-order chi connectivity index (χ1) is 8.00. The van der Waals surface area contributed by atoms with Crippen molar-refractivity contribution in [2.45, 2.75) is 25.8 Å². The molecule has 0 saturated carbocycles. The number of rotatable bonds is 3. The number of carbonyl (C=O) groups excluding carboxylic acids is 1. The third kappa shape index (κ3) is 3.76. The Labute approximate surface area is 104 Å². The van der Waals surface area contributed by atoms with E-state index in [2.05, 4.69) is 0 Å². The van der Waals surface area contributed by atoms with Crippen molar-refractivity contribution in [2.24, 2.45) is 5.73 Å². The minimum atomic E-state index is -4.48. The Bertz CT molecular complexity index is 466. The van der Waals surface area contributed by atoms with Crippen molar-refractivity contribution in [3.63, 3.8) is 0 Å². The summed E-state index contributed by atoms with van der Waals surface area (Å²) >= 11 is 0. The van der Waals surface area contributed by atoms with Crippen molar-refractivity contribution in [3.05, 3.63) is 29.3 Å². The van der Waals surface area contributed by atoms with Gasteiger partial charge >= 0.3 is 6.18 Å². The largest absolute Gasteiger partial charge is 0.544 e. The lowest BCUT2D eigenvalue weighted by atomic mass is 10.1. The highest BCUT2D eigenvalue weighted by Gasteiger charge is 2.32. The number of amides is 1. The summed E-state index contributed by atoms with van der Waals surface area (Å²) in [6, 6.07) is 2.68. The third-order valence-electron chi connectivity index (χ3n) is 1.99. The third-order valence-corrected chi connectivity index (χ3v) is 2.82. The van der Waals surface area contributed by atoms with E-state index in [-0.39, 0.29) is 11.3 Å². The summed E-state index contributed by atoms with van der Waals surface area (Å²) in [6.07, 6.45) is -4.48. The minimum absolute atomic E-state index is 0.0366. The number of carbonyl (C=O) groups is 1. The van der Waals surface area contributed by atoms with Gasteiger partial charge in [0.1, 0.15) is 5.75 Å². The van der Waals surface area contributed by atoms with E-state index in [4.69, 9.17) is 10.2 Å². The number of primary amides is 1. The van der Waals surface area contributed by atoms with Gasteiger partial charge < -0.3 is 10.2 Å². The van der Waals surface area contributed by atoms with Gasteiger partial charge in [0.2, 0.25) is 8.32 Å². The molecule has 100 valence electrons. The van der Waals surface area contributed by atoms with E-state index in [1.807, 2.05) is 0 Å². The molecule has 7 heteroatoms. The highest BCUT2D eigenvalue weighted by atomic mass is 28.4. The SMILES string of the molecule is C[Si](C)(C)Oc1cc(C(F)(F)F)ccc1C(N)=O. The zero-order valence-electron chi connectivity index (χ0n) is 10.3. The highest BCUT2D eigenvalue weighted by molar-refractivity contribution is 6.70. The van der Waals surface area contributed by atoms with Crippen molar-refractivity contribution in [3.8, 4) is 5.75 Å². The van der Waals surface area contributed by atoms with Crippen LogP contribution in [0.2, 0.25) is 19.6 Å². The molecule has 0 aliphatic carbocycles. The predicted octanol–water partition coefficient (Wildman–Crippen LogP) is 3.02. The van der Waals surface area contributed by atoms with Crippen LogP contribution in [0.5, 0.6) is 5.75 Å². The summed E-state index contributed by atoms with van der Waals surface area (Å²) in [4.78, 5) is 11.1. The molecule has 0 aromatic heterocycles. The molecule has 0 bridgehead atoms. The lowest BCUT2D eigenvalue weighted by Gasteiger charge is -2.21. The van der Waals surface area contributed by atoms with Crippen molar-refractivity contribution >= 4 is 14.2 Å². The van der Waals surface area contributed by atoms with E-state index in [0.717, 1.165) is 18.2 Å². The first-order valence-corrected chi connectivity index (χ1v) is 8.61. The smallest absolute Gasteiger partial charge is 0.416 e. The molecule has 3 nitrogen and oxygen atoms in total. The maximum Gasteiger partial charge on any atom is 0.416 e. The normalized spacial score (nSPS) is 12.3. The fraction of sp³-hybridized carbons (Fsp3) is 0.364. The van der Waals surface area contributed by atoms with E-state index in [1.165, 1.54) is 0 Å². The zero-order chi connectivity index (χ0) is 14.1. The lowest BCUT2D eigenvalue weighted by molar-refractivity contribution is -0.137. The van der Waals surface area contributed by atoms with Crippen LogP contribution in [0.1, 0.15) is 15.9 Å². The topological polar surface area (TPSA) is 52.3 Å². The molecule has 0 radical (unpaired) electrons. The van der Waals surface area contributed by atoms with Crippen LogP contribution < -0.4 is 10.2 Å². The monoisotopic (exact) mass is 277 g/mol. The van der Waals surface area contributed by atoms with Gasteiger partial charge in [-0.25, -0.2) is 0 Å². The first kappa shape index (κ1) is 14.6. The molecule has 1 aromatic carbocycles. The van der Waals surface area contributed by atoms with Gasteiger partial charge in [-0.2, -0.15) is 13.2 Å². The second kappa shape index (κ2) is 4.64. The Balaban J connectivity index is 3.29. The zero-order valence-corrected chi connectivity index (χ0v) is 11.3. The van der Waals surface area contributed by atoms with Crippen molar-refractivity contribution < 1.29 is 22.4 Å². The van der Waals surface area contributed by atoms with Gasteiger partial charge in [0.15, 0.2) is 0 Å². The first-order valence-electron chi connectivity index (χ1n) is 5.21. The maximum atomic E-state index is 12.6. The highest BCUT2D eigenvalue weighted by Crippen LogP contribution is 2.33. The Morgan fingerprint density at radius 3 is 2.22 bits per heavy atom. The second-order valence-corrected chi connectivity index (χ2v) is 9.22. The summed E-state index contributed by atoms with van der Waals surface area (Å²) in [6.45, 7) is 5.41. The van der Waals surface area contributed by atoms with Crippen LogP contribution in [0.15, 0.2) is 18.2 Å². The van der Waals surface area contributed by atoms with E-state index < -0.39 is 26.0 Å². The van der Waals surface area contributed by atoms with Gasteiger partial charge in [-0.3, -0.25) is 4.79 Å². The molecule has 0 saturated heterocycles. The molecule has 0 unspecified atom stereocenters. The van der Waals surface area contributed by atoms with Crippen molar-refractivity contribution in [1.29, 1.82) is 0 Å². The summed E-state index contributed by atoms with van der Waals surface area (Å²) in [5.74, 6) is -0.909. The van der Waals surface area contributed by atoms with Gasteiger partial charge in [0, 0.05) is 0 Å². The Morgan fingerprint density at radius 1 is 1.28 bits per heavy atom. The molecule has 1 aromatic rings. The number of hydrogen-bond acceptors (Lipinski definition) is 2. The van der Waals surface area contributed by atoms with Gasteiger partial charge in [-0.15, -0.1) is 0 Å². The summed E-state index contributed by atoms with van der Waals surface area (Å²) < 4.78 is 43.2. The van der Waals surface area contributed by atoms with Crippen LogP contribution in [-0.4, -0.2) is 14.2 Å². The van der Waals surface area contributed by atoms with Gasteiger partial charge in [0.05, 0.1) is 11.1 Å². The van der Waals surface area contributed by atoms with Gasteiger partial charge in [-0.05, 0) is 37.8 Å². The fourth-order valence-corrected chi connectivity index (χ4v) is 2.15. The minimum Gasteiger partial charge on any atom is -0.544 e. The maximum absolute atomic E-state index is 12.6. The second-order valence-electron chi connectivity index (χ2n) is 4.79. The lowest BCUT2D eigenvalue weighted by Crippen LogP contribution is -2.31. The average Bonchev–Trinajstić information content (AvgIpc) is 2.12. The number of nitrogens with two attached hydrogens (primary N) is 1. The van der Waals surface area contributed by atoms with E-state index in [1.54, 1.807) is 19.6 Å². The Hall–Kier alpha value is -1.50. The summed E-state index contributed by atoms with van der Waals surface area (Å²) in [7, 11) is -2.13. The van der Waals surface area contributed by atoms with Crippen LogP contribution >= 0.6 is 0 Å². The van der Waals surface area contributed by atoms with Gasteiger partial charge in [0.25, 0.3) is 5.91 Å². The molecule has 0 fully saturated rings. The molecule has 0 atom stereocenters. The van der Waals surface area contributed by atoms with Crippen LogP contribution in [-0.2, 0) is 6.18 Å². The Kier molecular flexibility index (Phi) is 3.75. The molecule has 0 spiro atoms.